The predicted molar refractivity (Wildman–Crippen MR) is 99.1 cm³/mol. The molecule has 0 aliphatic rings. The van der Waals surface area contributed by atoms with Crippen LogP contribution in [0, 0.1) is 0 Å². The van der Waals surface area contributed by atoms with Gasteiger partial charge in [0.2, 0.25) is 0 Å². The first-order chi connectivity index (χ1) is 10.4. The van der Waals surface area contributed by atoms with E-state index in [-0.39, 0.29) is 5.41 Å². The van der Waals surface area contributed by atoms with Gasteiger partial charge in [0.05, 0.1) is 0 Å². The van der Waals surface area contributed by atoms with Crippen LogP contribution in [0.1, 0.15) is 39.0 Å². The summed E-state index contributed by atoms with van der Waals surface area (Å²) in [6, 6.07) is 4.93. The molecule has 4 nitrogen and oxygen atoms in total. The van der Waals surface area contributed by atoms with Crippen LogP contribution >= 0.6 is 11.3 Å². The summed E-state index contributed by atoms with van der Waals surface area (Å²) in [6.07, 6.45) is 1.18. The molecule has 1 rings (SSSR count). The molecule has 0 bridgehead atoms. The smallest absolute Gasteiger partial charge is 0.191 e. The van der Waals surface area contributed by atoms with Crippen molar-refractivity contribution in [2.45, 2.75) is 45.6 Å². The number of hydrogen-bond acceptors (Lipinski definition) is 3. The Bertz CT molecular complexity index is 440. The number of nitrogens with zero attached hydrogens (tertiary/aromatic N) is 2. The van der Waals surface area contributed by atoms with Gasteiger partial charge in [-0.25, -0.2) is 0 Å². The Balaban J connectivity index is 2.37. The Morgan fingerprint density at radius 1 is 1.41 bits per heavy atom. The van der Waals surface area contributed by atoms with E-state index in [1.807, 2.05) is 18.4 Å². The van der Waals surface area contributed by atoms with Crippen LogP contribution in [0.5, 0.6) is 0 Å². The van der Waals surface area contributed by atoms with Crippen LogP contribution in [0.15, 0.2) is 22.5 Å². The first-order valence-electron chi connectivity index (χ1n) is 8.09. The second-order valence-electron chi connectivity index (χ2n) is 6.45. The number of aliphatic imine (C=N–C) groups is 1. The van der Waals surface area contributed by atoms with Gasteiger partial charge in [0.1, 0.15) is 0 Å². The quantitative estimate of drug-likeness (QED) is 0.570. The van der Waals surface area contributed by atoms with Gasteiger partial charge < -0.3 is 15.5 Å². The van der Waals surface area contributed by atoms with Gasteiger partial charge in [-0.2, -0.15) is 0 Å². The summed E-state index contributed by atoms with van der Waals surface area (Å²) in [6.45, 7) is 11.8. The zero-order valence-corrected chi connectivity index (χ0v) is 15.8. The Labute approximate surface area is 140 Å². The molecule has 0 amide bonds. The Morgan fingerprint density at radius 2 is 2.14 bits per heavy atom. The van der Waals surface area contributed by atoms with Crippen LogP contribution in [0.2, 0.25) is 0 Å². The number of hydrogen-bond donors (Lipinski definition) is 2. The van der Waals surface area contributed by atoms with Gasteiger partial charge in [-0.1, -0.05) is 26.8 Å². The molecule has 22 heavy (non-hydrogen) atoms. The summed E-state index contributed by atoms with van der Waals surface area (Å²) in [5, 5.41) is 8.97. The second kappa shape index (κ2) is 9.16. The molecule has 1 atom stereocenters. The summed E-state index contributed by atoms with van der Waals surface area (Å²) in [4.78, 5) is 8.08. The monoisotopic (exact) mass is 324 g/mol. The van der Waals surface area contributed by atoms with E-state index in [9.17, 15) is 0 Å². The van der Waals surface area contributed by atoms with Gasteiger partial charge in [-0.3, -0.25) is 4.99 Å². The van der Waals surface area contributed by atoms with E-state index in [1.165, 1.54) is 11.3 Å². The molecule has 1 heterocycles. The van der Waals surface area contributed by atoms with Crippen LogP contribution in [0.25, 0.3) is 0 Å². The molecule has 0 aromatic carbocycles. The summed E-state index contributed by atoms with van der Waals surface area (Å²) < 4.78 is 0. The van der Waals surface area contributed by atoms with Gasteiger partial charge in [0, 0.05) is 43.0 Å². The highest BCUT2D eigenvalue weighted by atomic mass is 32.1. The lowest BCUT2D eigenvalue weighted by atomic mass is 9.91. The molecule has 5 heteroatoms. The van der Waals surface area contributed by atoms with Gasteiger partial charge in [0.25, 0.3) is 0 Å². The van der Waals surface area contributed by atoms with Crippen LogP contribution in [0.3, 0.4) is 0 Å². The number of thiophene rings is 1. The number of nitrogens with one attached hydrogen (secondary N) is 2. The molecule has 0 saturated carbocycles. The van der Waals surface area contributed by atoms with Gasteiger partial charge >= 0.3 is 0 Å². The summed E-state index contributed by atoms with van der Waals surface area (Å²) in [5.74, 6) is 0.877. The number of guanidine groups is 1. The third kappa shape index (κ3) is 5.97. The molecule has 2 N–H and O–H groups in total. The highest BCUT2D eigenvalue weighted by molar-refractivity contribution is 7.10. The predicted octanol–water partition coefficient (Wildman–Crippen LogP) is 2.92. The molecular formula is C17H32N4S. The zero-order chi connectivity index (χ0) is 16.6. The van der Waals surface area contributed by atoms with E-state index in [4.69, 9.17) is 0 Å². The lowest BCUT2D eigenvalue weighted by Crippen LogP contribution is -2.45. The minimum atomic E-state index is 0.110. The fourth-order valence-electron chi connectivity index (χ4n) is 2.16. The highest BCUT2D eigenvalue weighted by Crippen LogP contribution is 2.26. The van der Waals surface area contributed by atoms with Crippen molar-refractivity contribution >= 4 is 17.3 Å². The Morgan fingerprint density at radius 3 is 2.68 bits per heavy atom. The lowest BCUT2D eigenvalue weighted by molar-refractivity contribution is 0.255. The van der Waals surface area contributed by atoms with Crippen LogP contribution in [-0.2, 0) is 5.41 Å². The molecule has 1 aromatic heterocycles. The maximum absolute atomic E-state index is 4.31. The maximum Gasteiger partial charge on any atom is 0.191 e. The lowest BCUT2D eigenvalue weighted by Gasteiger charge is -2.26. The van der Waals surface area contributed by atoms with Crippen molar-refractivity contribution < 1.29 is 0 Å². The average Bonchev–Trinajstić information content (AvgIpc) is 3.04. The normalized spacial score (nSPS) is 14.2. The minimum absolute atomic E-state index is 0.110. The molecule has 0 spiro atoms. The first-order valence-corrected chi connectivity index (χ1v) is 8.97. The van der Waals surface area contributed by atoms with Gasteiger partial charge in [-0.05, 0) is 31.8 Å². The van der Waals surface area contributed by atoms with Crippen LogP contribution < -0.4 is 10.6 Å². The van der Waals surface area contributed by atoms with E-state index >= 15 is 0 Å². The molecule has 1 unspecified atom stereocenters. The van der Waals surface area contributed by atoms with Gasteiger partial charge in [-0.15, -0.1) is 11.3 Å². The Kier molecular flexibility index (Phi) is 7.90. The van der Waals surface area contributed by atoms with Crippen LogP contribution in [-0.4, -0.2) is 50.6 Å². The van der Waals surface area contributed by atoms with E-state index in [1.54, 1.807) is 0 Å². The van der Waals surface area contributed by atoms with Gasteiger partial charge in [0.15, 0.2) is 5.96 Å². The van der Waals surface area contributed by atoms with Crippen molar-refractivity contribution in [1.29, 1.82) is 0 Å². The van der Waals surface area contributed by atoms with Crippen molar-refractivity contribution in [3.05, 3.63) is 22.4 Å². The summed E-state index contributed by atoms with van der Waals surface area (Å²) in [7, 11) is 4.00. The van der Waals surface area contributed by atoms with E-state index < -0.39 is 0 Å². The topological polar surface area (TPSA) is 39.7 Å². The van der Waals surface area contributed by atoms with Crippen molar-refractivity contribution in [1.82, 2.24) is 15.5 Å². The molecule has 0 radical (unpaired) electrons. The van der Waals surface area contributed by atoms with Crippen molar-refractivity contribution in [3.8, 4) is 0 Å². The van der Waals surface area contributed by atoms with E-state index in [2.05, 4.69) is 72.8 Å². The zero-order valence-electron chi connectivity index (χ0n) is 14.9. The standard InChI is InChI=1S/C17H32N4S/c1-7-14(2)21(6)11-10-19-16(18-5)20-13-17(3,4)15-9-8-12-22-15/h8-9,12,14H,7,10-11,13H2,1-6H3,(H2,18,19,20). The third-order valence-electron chi connectivity index (χ3n) is 4.21. The Hall–Kier alpha value is -1.07. The summed E-state index contributed by atoms with van der Waals surface area (Å²) in [5.41, 5.74) is 0.110. The van der Waals surface area contributed by atoms with Crippen LogP contribution in [0.4, 0.5) is 0 Å². The third-order valence-corrected chi connectivity index (χ3v) is 5.45. The van der Waals surface area contributed by atoms with Crippen molar-refractivity contribution in [3.63, 3.8) is 0 Å². The summed E-state index contributed by atoms with van der Waals surface area (Å²) >= 11 is 1.81. The fourth-order valence-corrected chi connectivity index (χ4v) is 3.01. The molecule has 126 valence electrons. The fraction of sp³-hybridized carbons (Fsp3) is 0.706. The largest absolute Gasteiger partial charge is 0.356 e. The first kappa shape index (κ1) is 19.0. The SMILES string of the molecule is CCC(C)N(C)CCNC(=NC)NCC(C)(C)c1cccs1. The average molecular weight is 325 g/mol. The molecule has 1 aromatic rings. The maximum atomic E-state index is 4.31. The molecule has 0 fully saturated rings. The van der Waals surface area contributed by atoms with E-state index in [0.717, 1.165) is 25.6 Å². The second-order valence-corrected chi connectivity index (χ2v) is 7.40. The molecule has 0 saturated heterocycles. The van der Waals surface area contributed by atoms with Crippen molar-refractivity contribution in [2.24, 2.45) is 4.99 Å². The number of likely N-dealkylation sites (N-methyl/N-ethyl adjacent to an activating group) is 1. The molecule has 0 aliphatic carbocycles. The molecule has 0 aliphatic heterocycles. The molecular weight excluding hydrogens is 292 g/mol. The minimum Gasteiger partial charge on any atom is -0.356 e. The number of rotatable bonds is 8. The van der Waals surface area contributed by atoms with E-state index in [0.29, 0.717) is 6.04 Å². The highest BCUT2D eigenvalue weighted by Gasteiger charge is 2.21. The van der Waals surface area contributed by atoms with Crippen molar-refractivity contribution in [2.75, 3.05) is 33.7 Å².